The summed E-state index contributed by atoms with van der Waals surface area (Å²) in [5.41, 5.74) is 5.39. The fourth-order valence-corrected chi connectivity index (χ4v) is 3.70. The Labute approximate surface area is 114 Å². The number of aryl methyl sites for hydroxylation is 1. The smallest absolute Gasteiger partial charge is 0.227 e. The number of hydrogen-bond donors (Lipinski definition) is 0. The summed E-state index contributed by atoms with van der Waals surface area (Å²) in [6.07, 6.45) is 4.15. The van der Waals surface area contributed by atoms with Gasteiger partial charge in [0.2, 0.25) is 5.91 Å². The van der Waals surface area contributed by atoms with Gasteiger partial charge in [0.25, 0.3) is 0 Å². The quantitative estimate of drug-likeness (QED) is 0.736. The number of nitrogens with zero attached hydrogens (tertiary/aromatic N) is 1. The van der Waals surface area contributed by atoms with Crippen molar-refractivity contribution in [3.63, 3.8) is 0 Å². The highest BCUT2D eigenvalue weighted by Crippen LogP contribution is 2.46. The second-order valence-corrected chi connectivity index (χ2v) is 5.90. The molecule has 1 heterocycles. The molecule has 0 N–H and O–H groups in total. The summed E-state index contributed by atoms with van der Waals surface area (Å²) in [7, 11) is 0. The molecular formula is C17H21NO. The number of benzene rings is 1. The van der Waals surface area contributed by atoms with Gasteiger partial charge in [-0.25, -0.2) is 0 Å². The van der Waals surface area contributed by atoms with E-state index in [4.69, 9.17) is 0 Å². The van der Waals surface area contributed by atoms with Crippen LogP contribution in [0, 0.1) is 0 Å². The molecule has 1 aliphatic carbocycles. The Kier molecular flexibility index (Phi) is 2.77. The summed E-state index contributed by atoms with van der Waals surface area (Å²) >= 11 is 0. The summed E-state index contributed by atoms with van der Waals surface area (Å²) in [5.74, 6) is 1.26. The second kappa shape index (κ2) is 4.22. The van der Waals surface area contributed by atoms with Gasteiger partial charge in [0, 0.05) is 18.5 Å². The average Bonchev–Trinajstić information content (AvgIpc) is 2.90. The highest BCUT2D eigenvalue weighted by atomic mass is 16.1. The molecule has 3 rings (SSSR count). The zero-order valence-electron chi connectivity index (χ0n) is 12.2. The molecule has 1 aromatic carbocycles. The molecule has 0 saturated carbocycles. The molecule has 0 bridgehead atoms. The van der Waals surface area contributed by atoms with Crippen molar-refractivity contribution in [2.45, 2.75) is 52.4 Å². The normalized spacial score (nSPS) is 21.9. The zero-order valence-corrected chi connectivity index (χ0v) is 12.2. The molecule has 0 amide bonds. The van der Waals surface area contributed by atoms with E-state index in [0.29, 0.717) is 11.8 Å². The minimum Gasteiger partial charge on any atom is -0.287 e. The molecule has 100 valence electrons. The van der Waals surface area contributed by atoms with E-state index >= 15 is 0 Å². The van der Waals surface area contributed by atoms with Crippen LogP contribution >= 0.6 is 0 Å². The summed E-state index contributed by atoms with van der Waals surface area (Å²) in [6.45, 7) is 8.42. The van der Waals surface area contributed by atoms with Crippen molar-refractivity contribution < 1.29 is 4.79 Å². The molecule has 0 spiro atoms. The Hall–Kier alpha value is -1.57. The van der Waals surface area contributed by atoms with Crippen molar-refractivity contribution in [2.75, 3.05) is 0 Å². The lowest BCUT2D eigenvalue weighted by molar-refractivity contribution is 0.0941. The van der Waals surface area contributed by atoms with Crippen LogP contribution in [0.15, 0.2) is 18.3 Å². The molecule has 1 aliphatic rings. The number of carbonyl (C=O) groups excluding carboxylic acids is 1. The summed E-state index contributed by atoms with van der Waals surface area (Å²) in [5, 5.41) is 1.26. The number of rotatable bonds is 1. The molecule has 2 heteroatoms. The number of aromatic nitrogens is 1. The van der Waals surface area contributed by atoms with Crippen molar-refractivity contribution in [1.29, 1.82) is 0 Å². The van der Waals surface area contributed by atoms with Crippen LogP contribution in [0.3, 0.4) is 0 Å². The third kappa shape index (κ3) is 1.66. The Morgan fingerprint density at radius 3 is 2.74 bits per heavy atom. The van der Waals surface area contributed by atoms with E-state index in [1.165, 1.54) is 34.0 Å². The first-order valence-corrected chi connectivity index (χ1v) is 7.22. The fraction of sp³-hybridized carbons (Fsp3) is 0.471. The van der Waals surface area contributed by atoms with E-state index in [9.17, 15) is 4.79 Å². The van der Waals surface area contributed by atoms with Gasteiger partial charge >= 0.3 is 0 Å². The van der Waals surface area contributed by atoms with Gasteiger partial charge in [-0.15, -0.1) is 0 Å². The first-order chi connectivity index (χ1) is 9.04. The lowest BCUT2D eigenvalue weighted by Gasteiger charge is -2.13. The van der Waals surface area contributed by atoms with Crippen molar-refractivity contribution in [3.8, 4) is 0 Å². The first kappa shape index (κ1) is 12.5. The Bertz CT molecular complexity index is 665. The average molecular weight is 255 g/mol. The molecule has 2 nitrogen and oxygen atoms in total. The first-order valence-electron chi connectivity index (χ1n) is 7.22. The fourth-order valence-electron chi connectivity index (χ4n) is 3.70. The molecular weight excluding hydrogens is 234 g/mol. The van der Waals surface area contributed by atoms with Crippen molar-refractivity contribution in [2.24, 2.45) is 0 Å². The Balaban J connectivity index is 2.44. The molecule has 2 aromatic rings. The number of fused-ring (bicyclic) bond motifs is 3. The largest absolute Gasteiger partial charge is 0.287 e. The van der Waals surface area contributed by atoms with Crippen LogP contribution in [0.2, 0.25) is 0 Å². The van der Waals surface area contributed by atoms with Crippen molar-refractivity contribution in [1.82, 2.24) is 4.57 Å². The van der Waals surface area contributed by atoms with Gasteiger partial charge in [-0.1, -0.05) is 26.8 Å². The van der Waals surface area contributed by atoms with Gasteiger partial charge < -0.3 is 0 Å². The summed E-state index contributed by atoms with van der Waals surface area (Å²) in [4.78, 5) is 11.9. The Morgan fingerprint density at radius 1 is 1.37 bits per heavy atom. The minimum absolute atomic E-state index is 0.109. The molecule has 0 radical (unpaired) electrons. The van der Waals surface area contributed by atoms with Gasteiger partial charge in [-0.05, 0) is 47.4 Å². The van der Waals surface area contributed by atoms with Gasteiger partial charge in [0.1, 0.15) is 0 Å². The maximum atomic E-state index is 11.9. The SMILES string of the molecule is CCc1cc2c(c3c1ccn3C(C)=O)[C@@H](C)C[C@H]2C. The van der Waals surface area contributed by atoms with E-state index in [1.54, 1.807) is 6.92 Å². The lowest BCUT2D eigenvalue weighted by atomic mass is 9.95. The van der Waals surface area contributed by atoms with Gasteiger partial charge in [-0.2, -0.15) is 0 Å². The molecule has 0 aliphatic heterocycles. The van der Waals surface area contributed by atoms with Gasteiger partial charge in [0.15, 0.2) is 0 Å². The predicted molar refractivity (Wildman–Crippen MR) is 79.1 cm³/mol. The van der Waals surface area contributed by atoms with Crippen LogP contribution in [0.5, 0.6) is 0 Å². The van der Waals surface area contributed by atoms with Crippen LogP contribution in [0.1, 0.15) is 67.4 Å². The maximum Gasteiger partial charge on any atom is 0.227 e. The van der Waals surface area contributed by atoms with Crippen molar-refractivity contribution >= 4 is 16.8 Å². The lowest BCUT2D eigenvalue weighted by Crippen LogP contribution is -2.06. The maximum absolute atomic E-state index is 11.9. The van der Waals surface area contributed by atoms with E-state index in [1.807, 2.05) is 10.8 Å². The third-order valence-electron chi connectivity index (χ3n) is 4.58. The number of carbonyl (C=O) groups is 1. The van der Waals surface area contributed by atoms with Crippen molar-refractivity contribution in [3.05, 3.63) is 35.0 Å². The van der Waals surface area contributed by atoms with Crippen LogP contribution in [-0.4, -0.2) is 10.5 Å². The highest BCUT2D eigenvalue weighted by molar-refractivity contribution is 5.96. The van der Waals surface area contributed by atoms with E-state index < -0.39 is 0 Å². The molecule has 0 unspecified atom stereocenters. The molecule has 0 fully saturated rings. The molecule has 19 heavy (non-hydrogen) atoms. The monoisotopic (exact) mass is 255 g/mol. The highest BCUT2D eigenvalue weighted by Gasteiger charge is 2.29. The number of hydrogen-bond acceptors (Lipinski definition) is 1. The second-order valence-electron chi connectivity index (χ2n) is 5.90. The summed E-state index contributed by atoms with van der Waals surface area (Å²) < 4.78 is 1.84. The minimum atomic E-state index is 0.109. The topological polar surface area (TPSA) is 22.0 Å². The van der Waals surface area contributed by atoms with Crippen LogP contribution in [0.4, 0.5) is 0 Å². The van der Waals surface area contributed by atoms with Crippen LogP contribution in [-0.2, 0) is 6.42 Å². The molecule has 1 aromatic heterocycles. The van der Waals surface area contributed by atoms with Crippen LogP contribution in [0.25, 0.3) is 10.9 Å². The molecule has 2 atom stereocenters. The van der Waals surface area contributed by atoms with Gasteiger partial charge in [-0.3, -0.25) is 9.36 Å². The van der Waals surface area contributed by atoms with Crippen LogP contribution < -0.4 is 0 Å². The molecule has 0 saturated heterocycles. The standard InChI is InChI=1S/C17H21NO/c1-5-13-9-15-10(2)8-11(3)16(15)17-14(13)6-7-18(17)12(4)19/h6-7,9-11H,5,8H2,1-4H3/t10-,11+/m1/s1. The van der Waals surface area contributed by atoms with E-state index in [2.05, 4.69) is 32.9 Å². The van der Waals surface area contributed by atoms with E-state index in [0.717, 1.165) is 6.42 Å². The predicted octanol–water partition coefficient (Wildman–Crippen LogP) is 4.47. The zero-order chi connectivity index (χ0) is 13.7. The summed E-state index contributed by atoms with van der Waals surface area (Å²) in [6, 6.07) is 4.47. The third-order valence-corrected chi connectivity index (χ3v) is 4.58. The Morgan fingerprint density at radius 2 is 2.11 bits per heavy atom. The van der Waals surface area contributed by atoms with Gasteiger partial charge in [0.05, 0.1) is 5.52 Å². The van der Waals surface area contributed by atoms with E-state index in [-0.39, 0.29) is 5.91 Å².